The van der Waals surface area contributed by atoms with Gasteiger partial charge in [-0.3, -0.25) is 0 Å². The van der Waals surface area contributed by atoms with Gasteiger partial charge < -0.3 is 4.43 Å². The maximum atomic E-state index is 5.21. The van der Waals surface area contributed by atoms with E-state index in [1.807, 2.05) is 0 Å². The maximum absolute atomic E-state index is 5.21. The van der Waals surface area contributed by atoms with Crippen molar-refractivity contribution in [3.05, 3.63) is 0 Å². The fourth-order valence-electron chi connectivity index (χ4n) is 0.391. The molecular weight excluding hydrogens is 140 g/mol. The third-order valence-electron chi connectivity index (χ3n) is 0.846. The van der Waals surface area contributed by atoms with Gasteiger partial charge in [-0.25, -0.2) is 0 Å². The van der Waals surface area contributed by atoms with E-state index in [9.17, 15) is 0 Å². The summed E-state index contributed by atoms with van der Waals surface area (Å²) >= 11 is 0. The molecule has 0 rings (SSSR count). The van der Waals surface area contributed by atoms with Gasteiger partial charge in [0.15, 0.2) is 9.76 Å². The van der Waals surface area contributed by atoms with Crippen LogP contribution in [0.25, 0.3) is 0 Å². The molecule has 0 aliphatic carbocycles. The number of unbranched alkanes of at least 4 members (excludes halogenated alkanes) is 1. The van der Waals surface area contributed by atoms with E-state index in [0.29, 0.717) is 0 Å². The predicted octanol–water partition coefficient (Wildman–Crippen LogP) is 2.35. The van der Waals surface area contributed by atoms with E-state index in [1.165, 1.54) is 19.3 Å². The normalized spacial score (nSPS) is 9.60. The van der Waals surface area contributed by atoms with Gasteiger partial charge in [0.05, 0.1) is 0 Å². The van der Waals surface area contributed by atoms with Crippen LogP contribution in [0.1, 0.15) is 40.0 Å². The van der Waals surface area contributed by atoms with Gasteiger partial charge in [0.25, 0.3) is 0 Å². The van der Waals surface area contributed by atoms with Crippen molar-refractivity contribution < 1.29 is 4.43 Å². The van der Waals surface area contributed by atoms with Crippen LogP contribution in [-0.2, 0) is 4.43 Å². The Labute approximate surface area is 68.1 Å². The first-order valence-electron chi connectivity index (χ1n) is 4.41. The van der Waals surface area contributed by atoms with Crippen LogP contribution >= 0.6 is 0 Å². The van der Waals surface area contributed by atoms with E-state index in [4.69, 9.17) is 4.43 Å². The van der Waals surface area contributed by atoms with Crippen molar-refractivity contribution in [1.29, 1.82) is 0 Å². The zero-order valence-electron chi connectivity index (χ0n) is 7.94. The maximum Gasteiger partial charge on any atom is 0.158 e. The summed E-state index contributed by atoms with van der Waals surface area (Å²) in [5.41, 5.74) is 0. The van der Waals surface area contributed by atoms with E-state index >= 15 is 0 Å². The van der Waals surface area contributed by atoms with Crippen molar-refractivity contribution >= 4 is 9.76 Å². The average Bonchev–Trinajstić information content (AvgIpc) is 1.91. The second-order valence-electron chi connectivity index (χ2n) is 2.26. The zero-order valence-corrected chi connectivity index (χ0v) is 9.36. The van der Waals surface area contributed by atoms with Gasteiger partial charge in [0.2, 0.25) is 0 Å². The van der Waals surface area contributed by atoms with Gasteiger partial charge in [0, 0.05) is 6.61 Å². The highest BCUT2D eigenvalue weighted by Crippen LogP contribution is 1.84. The van der Waals surface area contributed by atoms with E-state index in [1.54, 1.807) is 0 Å². The molecule has 0 atom stereocenters. The molecule has 0 amide bonds. The van der Waals surface area contributed by atoms with Gasteiger partial charge in [-0.2, -0.15) is 0 Å². The molecule has 0 aliphatic rings. The topological polar surface area (TPSA) is 9.23 Å². The minimum atomic E-state index is -0.106. The molecule has 0 N–H and O–H groups in total. The fourth-order valence-corrected chi connectivity index (χ4v) is 0.884. The first kappa shape index (κ1) is 12.8. The van der Waals surface area contributed by atoms with Gasteiger partial charge >= 0.3 is 0 Å². The highest BCUT2D eigenvalue weighted by molar-refractivity contribution is 6.24. The van der Waals surface area contributed by atoms with Crippen LogP contribution in [0.4, 0.5) is 0 Å². The van der Waals surface area contributed by atoms with Crippen LogP contribution < -0.4 is 0 Å². The Morgan fingerprint density at radius 3 is 2.00 bits per heavy atom. The summed E-state index contributed by atoms with van der Waals surface area (Å²) in [6, 6.07) is 0. The lowest BCUT2D eigenvalue weighted by atomic mass is 10.4. The van der Waals surface area contributed by atoms with Crippen LogP contribution in [0.15, 0.2) is 0 Å². The van der Waals surface area contributed by atoms with Crippen molar-refractivity contribution in [2.75, 3.05) is 6.61 Å². The standard InChI is InChI=1S/C5H14OSi.C3H8/c1-3-4-5-6-7-2;1-3-2/h3-5,7H2,1-2H3;3H2,1-2H3. The Kier molecular flexibility index (Phi) is 20.6. The van der Waals surface area contributed by atoms with Crippen LogP contribution in [0.3, 0.4) is 0 Å². The largest absolute Gasteiger partial charge is 0.424 e. The van der Waals surface area contributed by atoms with Gasteiger partial charge in [-0.05, 0) is 6.42 Å². The summed E-state index contributed by atoms with van der Waals surface area (Å²) in [6.07, 6.45) is 3.75. The van der Waals surface area contributed by atoms with Gasteiger partial charge in [-0.15, -0.1) is 0 Å². The van der Waals surface area contributed by atoms with Crippen molar-refractivity contribution in [1.82, 2.24) is 0 Å². The Hall–Kier alpha value is 0.177. The van der Waals surface area contributed by atoms with E-state index in [-0.39, 0.29) is 9.76 Å². The number of hydrogen-bond donors (Lipinski definition) is 0. The van der Waals surface area contributed by atoms with Crippen LogP contribution in [0.5, 0.6) is 0 Å². The molecule has 0 saturated carbocycles. The monoisotopic (exact) mass is 162 g/mol. The summed E-state index contributed by atoms with van der Waals surface area (Å²) in [6.45, 7) is 9.59. The second kappa shape index (κ2) is 16.1. The van der Waals surface area contributed by atoms with Crippen molar-refractivity contribution in [3.8, 4) is 0 Å². The molecule has 0 aromatic heterocycles. The molecule has 1 nitrogen and oxygen atoms in total. The Morgan fingerprint density at radius 2 is 1.70 bits per heavy atom. The summed E-state index contributed by atoms with van der Waals surface area (Å²) in [5, 5.41) is 0. The molecule has 0 unspecified atom stereocenters. The van der Waals surface area contributed by atoms with Crippen LogP contribution in [0, 0.1) is 0 Å². The first-order valence-corrected chi connectivity index (χ1v) is 6.40. The number of rotatable bonds is 4. The van der Waals surface area contributed by atoms with E-state index in [0.717, 1.165) is 6.61 Å². The average molecular weight is 162 g/mol. The molecular formula is C8H22OSi. The molecule has 0 aromatic carbocycles. The first-order chi connectivity index (χ1) is 4.83. The Morgan fingerprint density at radius 1 is 1.20 bits per heavy atom. The molecule has 10 heavy (non-hydrogen) atoms. The molecule has 0 spiro atoms. The molecule has 0 saturated heterocycles. The Balaban J connectivity index is 0. The van der Waals surface area contributed by atoms with Crippen LogP contribution in [0.2, 0.25) is 6.55 Å². The minimum absolute atomic E-state index is 0.106. The van der Waals surface area contributed by atoms with E-state index in [2.05, 4.69) is 27.3 Å². The molecule has 0 fully saturated rings. The summed E-state index contributed by atoms with van der Waals surface area (Å²) in [5.74, 6) is 0. The van der Waals surface area contributed by atoms with Crippen molar-refractivity contribution in [2.24, 2.45) is 0 Å². The minimum Gasteiger partial charge on any atom is -0.424 e. The van der Waals surface area contributed by atoms with Gasteiger partial charge in [0.1, 0.15) is 0 Å². The van der Waals surface area contributed by atoms with E-state index < -0.39 is 0 Å². The molecule has 0 bridgehead atoms. The lowest BCUT2D eigenvalue weighted by Crippen LogP contribution is -1.94. The molecule has 0 aromatic rings. The quantitative estimate of drug-likeness (QED) is 0.455. The SMILES string of the molecule is CCC.CCCCO[SiH2]C. The third kappa shape index (κ3) is 24.1. The van der Waals surface area contributed by atoms with Gasteiger partial charge in [-0.1, -0.05) is 40.2 Å². The fraction of sp³-hybridized carbons (Fsp3) is 1.00. The third-order valence-corrected chi connectivity index (χ3v) is 1.54. The van der Waals surface area contributed by atoms with Crippen LogP contribution in [-0.4, -0.2) is 16.4 Å². The Bertz CT molecular complexity index is 36.2. The lowest BCUT2D eigenvalue weighted by Gasteiger charge is -1.94. The summed E-state index contributed by atoms with van der Waals surface area (Å²) in [4.78, 5) is 0. The molecule has 0 radical (unpaired) electrons. The predicted molar refractivity (Wildman–Crippen MR) is 51.2 cm³/mol. The van der Waals surface area contributed by atoms with Crippen molar-refractivity contribution in [2.45, 2.75) is 46.6 Å². The molecule has 0 heterocycles. The second-order valence-corrected chi connectivity index (χ2v) is 3.24. The van der Waals surface area contributed by atoms with Crippen molar-refractivity contribution in [3.63, 3.8) is 0 Å². The summed E-state index contributed by atoms with van der Waals surface area (Å²) < 4.78 is 5.21. The zero-order chi connectivity index (χ0) is 8.24. The lowest BCUT2D eigenvalue weighted by molar-refractivity contribution is 0.329. The smallest absolute Gasteiger partial charge is 0.158 e. The summed E-state index contributed by atoms with van der Waals surface area (Å²) in [7, 11) is -0.106. The molecule has 64 valence electrons. The highest BCUT2D eigenvalue weighted by Gasteiger charge is 1.78. The molecule has 0 aliphatic heterocycles. The molecule has 2 heteroatoms. The highest BCUT2D eigenvalue weighted by atomic mass is 28.2. The number of hydrogen-bond acceptors (Lipinski definition) is 1.